The molecule has 1 aliphatic carbocycles. The van der Waals surface area contributed by atoms with Crippen LogP contribution in [0.15, 0.2) is 48.5 Å². The van der Waals surface area contributed by atoms with Gasteiger partial charge in [-0.15, -0.1) is 0 Å². The van der Waals surface area contributed by atoms with E-state index in [9.17, 15) is 0 Å². The lowest BCUT2D eigenvalue weighted by Crippen LogP contribution is -2.12. The molecule has 0 heteroatoms. The Kier molecular flexibility index (Phi) is 8.88. The summed E-state index contributed by atoms with van der Waals surface area (Å²) in [5.74, 6) is 8.30. The molecule has 0 amide bonds. The molecule has 0 unspecified atom stereocenters. The topological polar surface area (TPSA) is 0 Å². The van der Waals surface area contributed by atoms with Crippen molar-refractivity contribution in [3.05, 3.63) is 70.8 Å². The van der Waals surface area contributed by atoms with E-state index < -0.39 is 0 Å². The maximum atomic E-state index is 3.56. The number of hydrogen-bond donors (Lipinski definition) is 0. The molecule has 1 aliphatic rings. The molecule has 0 nitrogen and oxygen atoms in total. The number of aryl methyl sites for hydroxylation is 2. The first-order chi connectivity index (χ1) is 14.3. The molecule has 0 aliphatic heterocycles. The lowest BCUT2D eigenvalue weighted by molar-refractivity contribution is 0.384. The van der Waals surface area contributed by atoms with Crippen LogP contribution in [0.25, 0.3) is 0 Å². The summed E-state index contributed by atoms with van der Waals surface area (Å²) in [6, 6.07) is 18.4. The van der Waals surface area contributed by atoms with E-state index in [1.54, 1.807) is 5.56 Å². The third-order valence-electron chi connectivity index (χ3n) is 6.44. The Labute approximate surface area is 179 Å². The molecule has 3 rings (SSSR count). The van der Waals surface area contributed by atoms with Gasteiger partial charge in [-0.05, 0) is 86.1 Å². The molecule has 2 aromatic carbocycles. The van der Waals surface area contributed by atoms with Crippen LogP contribution in [0.1, 0.15) is 99.8 Å². The first-order valence-electron chi connectivity index (χ1n) is 12.0. The zero-order valence-corrected chi connectivity index (χ0v) is 18.6. The van der Waals surface area contributed by atoms with Crippen LogP contribution in [0, 0.1) is 17.8 Å². The second-order valence-corrected chi connectivity index (χ2v) is 8.82. The number of hydrogen-bond acceptors (Lipinski definition) is 0. The van der Waals surface area contributed by atoms with Gasteiger partial charge in [-0.2, -0.15) is 0 Å². The monoisotopic (exact) mass is 386 g/mol. The number of benzene rings is 2. The van der Waals surface area contributed by atoms with Crippen molar-refractivity contribution in [3.63, 3.8) is 0 Å². The van der Waals surface area contributed by atoms with Crippen LogP contribution in [-0.2, 0) is 12.8 Å². The van der Waals surface area contributed by atoms with Crippen LogP contribution in [-0.4, -0.2) is 0 Å². The fourth-order valence-corrected chi connectivity index (χ4v) is 4.43. The van der Waals surface area contributed by atoms with Crippen molar-refractivity contribution >= 4 is 0 Å². The smallest absolute Gasteiger partial charge is 0.0245 e. The second-order valence-electron chi connectivity index (χ2n) is 8.82. The minimum atomic E-state index is 0.569. The Hall–Kier alpha value is -2.00. The highest BCUT2D eigenvalue weighted by atomic mass is 14.2. The molecule has 0 bridgehead atoms. The molecule has 1 saturated carbocycles. The highest BCUT2D eigenvalue weighted by Gasteiger charge is 2.21. The summed E-state index contributed by atoms with van der Waals surface area (Å²) < 4.78 is 0. The molecule has 0 radical (unpaired) electrons. The molecule has 0 N–H and O–H groups in total. The molecule has 1 fully saturated rings. The van der Waals surface area contributed by atoms with Crippen LogP contribution < -0.4 is 0 Å². The van der Waals surface area contributed by atoms with Crippen molar-refractivity contribution in [2.75, 3.05) is 0 Å². The van der Waals surface area contributed by atoms with Gasteiger partial charge in [-0.25, -0.2) is 0 Å². The summed E-state index contributed by atoms with van der Waals surface area (Å²) >= 11 is 0. The SMILES string of the molecule is CCCCCc1ccc(C2CCC(C#Cc3ccc(CCCC)cc3)CC2)cc1. The quantitative estimate of drug-likeness (QED) is 0.318. The molecule has 2 aromatic rings. The van der Waals surface area contributed by atoms with Crippen LogP contribution in [0.5, 0.6) is 0 Å². The first kappa shape index (κ1) is 21.7. The van der Waals surface area contributed by atoms with Crippen molar-refractivity contribution in [2.24, 2.45) is 5.92 Å². The molecule has 0 aromatic heterocycles. The van der Waals surface area contributed by atoms with E-state index >= 15 is 0 Å². The van der Waals surface area contributed by atoms with Crippen molar-refractivity contribution in [1.82, 2.24) is 0 Å². The summed E-state index contributed by atoms with van der Waals surface area (Å²) in [5, 5.41) is 0. The molecule has 0 saturated heterocycles. The van der Waals surface area contributed by atoms with E-state index in [-0.39, 0.29) is 0 Å². The van der Waals surface area contributed by atoms with Gasteiger partial charge in [-0.1, -0.05) is 81.3 Å². The normalized spacial score (nSPS) is 18.8. The van der Waals surface area contributed by atoms with Gasteiger partial charge in [0.1, 0.15) is 0 Å². The highest BCUT2D eigenvalue weighted by Crippen LogP contribution is 2.35. The molecule has 29 heavy (non-hydrogen) atoms. The molecule has 0 atom stereocenters. The van der Waals surface area contributed by atoms with Gasteiger partial charge in [-0.3, -0.25) is 0 Å². The first-order valence-corrected chi connectivity index (χ1v) is 12.0. The minimum absolute atomic E-state index is 0.569. The fourth-order valence-electron chi connectivity index (χ4n) is 4.43. The van der Waals surface area contributed by atoms with Crippen molar-refractivity contribution < 1.29 is 0 Å². The van der Waals surface area contributed by atoms with Crippen molar-refractivity contribution in [1.29, 1.82) is 0 Å². The maximum absolute atomic E-state index is 3.56. The van der Waals surface area contributed by atoms with Gasteiger partial charge in [0, 0.05) is 11.5 Å². The molecular weight excluding hydrogens is 348 g/mol. The number of unbranched alkanes of at least 4 members (excludes halogenated alkanes) is 3. The van der Waals surface area contributed by atoms with E-state index in [2.05, 4.69) is 74.2 Å². The zero-order valence-electron chi connectivity index (χ0n) is 18.6. The van der Waals surface area contributed by atoms with Gasteiger partial charge >= 0.3 is 0 Å². The lowest BCUT2D eigenvalue weighted by atomic mass is 9.78. The molecule has 0 spiro atoms. The zero-order chi connectivity index (χ0) is 20.3. The summed E-state index contributed by atoms with van der Waals surface area (Å²) in [7, 11) is 0. The van der Waals surface area contributed by atoms with Crippen molar-refractivity contribution in [3.8, 4) is 11.8 Å². The third-order valence-corrected chi connectivity index (χ3v) is 6.44. The Morgan fingerprint density at radius 2 is 1.28 bits per heavy atom. The van der Waals surface area contributed by atoms with E-state index in [1.807, 2.05) is 0 Å². The Morgan fingerprint density at radius 1 is 0.690 bits per heavy atom. The van der Waals surface area contributed by atoms with Crippen LogP contribution in [0.4, 0.5) is 0 Å². The van der Waals surface area contributed by atoms with Gasteiger partial charge in [0.25, 0.3) is 0 Å². The maximum Gasteiger partial charge on any atom is 0.0245 e. The standard InChI is InChI=1S/C29H38/c1-3-5-7-9-25-16-20-28(21-17-25)29-22-18-27(19-23-29)15-14-26-12-10-24(11-13-26)8-6-4-2/h10-13,16-17,20-21,27,29H,3-9,18-19,22-23H2,1-2H3. The molecule has 0 heterocycles. The summed E-state index contributed by atoms with van der Waals surface area (Å²) in [6.45, 7) is 4.52. The predicted octanol–water partition coefficient (Wildman–Crippen LogP) is 8.09. The van der Waals surface area contributed by atoms with Crippen LogP contribution in [0.3, 0.4) is 0 Å². The second kappa shape index (κ2) is 11.9. The lowest BCUT2D eigenvalue weighted by Gasteiger charge is -2.26. The van der Waals surface area contributed by atoms with Crippen LogP contribution >= 0.6 is 0 Å². The Morgan fingerprint density at radius 3 is 1.90 bits per heavy atom. The van der Waals surface area contributed by atoms with Gasteiger partial charge in [0.2, 0.25) is 0 Å². The summed E-state index contributed by atoms with van der Waals surface area (Å²) in [6.07, 6.45) is 14.0. The van der Waals surface area contributed by atoms with E-state index in [1.165, 1.54) is 87.3 Å². The van der Waals surface area contributed by atoms with Gasteiger partial charge in [0.15, 0.2) is 0 Å². The van der Waals surface area contributed by atoms with Gasteiger partial charge < -0.3 is 0 Å². The van der Waals surface area contributed by atoms with E-state index in [0.29, 0.717) is 5.92 Å². The molecular formula is C29H38. The summed E-state index contributed by atoms with van der Waals surface area (Å²) in [5.41, 5.74) is 5.65. The number of rotatable bonds is 8. The fraction of sp³-hybridized carbons (Fsp3) is 0.517. The van der Waals surface area contributed by atoms with E-state index in [4.69, 9.17) is 0 Å². The Balaban J connectivity index is 1.46. The predicted molar refractivity (Wildman–Crippen MR) is 126 cm³/mol. The minimum Gasteiger partial charge on any atom is -0.0945 e. The van der Waals surface area contributed by atoms with E-state index in [0.717, 1.165) is 5.92 Å². The highest BCUT2D eigenvalue weighted by molar-refractivity contribution is 5.37. The third kappa shape index (κ3) is 7.08. The Bertz CT molecular complexity index is 762. The average molecular weight is 387 g/mol. The van der Waals surface area contributed by atoms with Gasteiger partial charge in [0.05, 0.1) is 0 Å². The van der Waals surface area contributed by atoms with Crippen LogP contribution in [0.2, 0.25) is 0 Å². The van der Waals surface area contributed by atoms with Crippen molar-refractivity contribution in [2.45, 2.75) is 90.4 Å². The molecule has 154 valence electrons. The largest absolute Gasteiger partial charge is 0.0945 e. The summed E-state index contributed by atoms with van der Waals surface area (Å²) in [4.78, 5) is 0. The average Bonchev–Trinajstić information content (AvgIpc) is 2.78.